The van der Waals surface area contributed by atoms with Crippen molar-refractivity contribution >= 4 is 37.5 Å². The van der Waals surface area contributed by atoms with E-state index in [4.69, 9.17) is 10.5 Å². The summed E-state index contributed by atoms with van der Waals surface area (Å²) in [5.74, 6) is 0.861. The zero-order chi connectivity index (χ0) is 13.1. The van der Waals surface area contributed by atoms with E-state index in [1.165, 1.54) is 0 Å². The topological polar surface area (TPSA) is 35.2 Å². The third-order valence-corrected chi connectivity index (χ3v) is 3.91. The number of anilines is 1. The second-order valence-electron chi connectivity index (χ2n) is 4.01. The molecular weight excluding hydrogens is 358 g/mol. The lowest BCUT2D eigenvalue weighted by Gasteiger charge is -2.12. The van der Waals surface area contributed by atoms with E-state index in [2.05, 4.69) is 31.9 Å². The van der Waals surface area contributed by atoms with Crippen molar-refractivity contribution in [1.29, 1.82) is 0 Å². The maximum atomic E-state index is 5.93. The van der Waals surface area contributed by atoms with Crippen molar-refractivity contribution in [2.24, 2.45) is 0 Å². The Morgan fingerprint density at radius 3 is 2.67 bits per heavy atom. The zero-order valence-electron chi connectivity index (χ0n) is 9.91. The number of benzene rings is 2. The second kappa shape index (κ2) is 5.76. The molecule has 2 aromatic rings. The number of rotatable bonds is 3. The first-order valence-corrected chi connectivity index (χ1v) is 7.08. The normalized spacial score (nSPS) is 10.4. The van der Waals surface area contributed by atoms with Crippen LogP contribution in [-0.4, -0.2) is 0 Å². The minimum Gasteiger partial charge on any atom is -0.488 e. The van der Waals surface area contributed by atoms with E-state index in [0.717, 1.165) is 31.5 Å². The summed E-state index contributed by atoms with van der Waals surface area (Å²) in [7, 11) is 0. The number of hydrogen-bond donors (Lipinski definition) is 1. The van der Waals surface area contributed by atoms with Gasteiger partial charge in [-0.2, -0.15) is 0 Å². The summed E-state index contributed by atoms with van der Waals surface area (Å²) in [6.45, 7) is 2.47. The van der Waals surface area contributed by atoms with Crippen LogP contribution in [0.3, 0.4) is 0 Å². The van der Waals surface area contributed by atoms with Gasteiger partial charge in [-0.05, 0) is 36.8 Å². The Morgan fingerprint density at radius 1 is 1.17 bits per heavy atom. The molecular formula is C14H13Br2NO. The number of aryl methyl sites for hydroxylation is 1. The summed E-state index contributed by atoms with van der Waals surface area (Å²) in [5.41, 5.74) is 8.74. The first-order valence-electron chi connectivity index (χ1n) is 5.50. The predicted octanol–water partition coefficient (Wildman–Crippen LogP) is 4.68. The SMILES string of the molecule is Cc1ccc(Br)cc1OCc1c(N)cccc1Br. The summed E-state index contributed by atoms with van der Waals surface area (Å²) in [6, 6.07) is 11.7. The van der Waals surface area contributed by atoms with Crippen LogP contribution in [0.5, 0.6) is 5.75 Å². The van der Waals surface area contributed by atoms with Crippen molar-refractivity contribution in [3.05, 3.63) is 56.5 Å². The molecule has 0 saturated heterocycles. The molecule has 2 N–H and O–H groups in total. The van der Waals surface area contributed by atoms with Crippen molar-refractivity contribution in [2.75, 3.05) is 5.73 Å². The molecule has 2 aromatic carbocycles. The van der Waals surface area contributed by atoms with E-state index in [1.807, 2.05) is 43.3 Å². The summed E-state index contributed by atoms with van der Waals surface area (Å²) in [5, 5.41) is 0. The first-order chi connectivity index (χ1) is 8.58. The lowest BCUT2D eigenvalue weighted by atomic mass is 10.2. The van der Waals surface area contributed by atoms with Crippen LogP contribution < -0.4 is 10.5 Å². The Bertz CT molecular complexity index is 549. The lowest BCUT2D eigenvalue weighted by Crippen LogP contribution is -2.02. The van der Waals surface area contributed by atoms with Gasteiger partial charge in [-0.25, -0.2) is 0 Å². The van der Waals surface area contributed by atoms with Crippen LogP contribution in [0.2, 0.25) is 0 Å². The van der Waals surface area contributed by atoms with Crippen LogP contribution in [0.1, 0.15) is 11.1 Å². The fraction of sp³-hybridized carbons (Fsp3) is 0.143. The Kier molecular flexibility index (Phi) is 4.30. The summed E-state index contributed by atoms with van der Waals surface area (Å²) >= 11 is 6.92. The molecule has 0 spiro atoms. The van der Waals surface area contributed by atoms with Crippen LogP contribution in [0.25, 0.3) is 0 Å². The average molecular weight is 371 g/mol. The van der Waals surface area contributed by atoms with Gasteiger partial charge in [0.25, 0.3) is 0 Å². The Morgan fingerprint density at radius 2 is 1.94 bits per heavy atom. The van der Waals surface area contributed by atoms with Gasteiger partial charge in [-0.15, -0.1) is 0 Å². The van der Waals surface area contributed by atoms with Gasteiger partial charge in [0.2, 0.25) is 0 Å². The van der Waals surface area contributed by atoms with Gasteiger partial charge in [0.15, 0.2) is 0 Å². The number of nitrogen functional groups attached to an aromatic ring is 1. The predicted molar refractivity (Wildman–Crippen MR) is 81.8 cm³/mol. The lowest BCUT2D eigenvalue weighted by molar-refractivity contribution is 0.304. The molecule has 0 atom stereocenters. The number of nitrogens with two attached hydrogens (primary N) is 1. The third-order valence-electron chi connectivity index (χ3n) is 2.68. The van der Waals surface area contributed by atoms with Crippen LogP contribution in [-0.2, 0) is 6.61 Å². The molecule has 18 heavy (non-hydrogen) atoms. The zero-order valence-corrected chi connectivity index (χ0v) is 13.1. The van der Waals surface area contributed by atoms with Crippen molar-refractivity contribution in [3.63, 3.8) is 0 Å². The highest BCUT2D eigenvalue weighted by Crippen LogP contribution is 2.27. The Hall–Kier alpha value is -1.000. The van der Waals surface area contributed by atoms with Crippen molar-refractivity contribution in [2.45, 2.75) is 13.5 Å². The highest BCUT2D eigenvalue weighted by Gasteiger charge is 2.06. The summed E-state index contributed by atoms with van der Waals surface area (Å²) < 4.78 is 7.80. The van der Waals surface area contributed by atoms with E-state index >= 15 is 0 Å². The molecule has 0 bridgehead atoms. The van der Waals surface area contributed by atoms with Crippen molar-refractivity contribution < 1.29 is 4.74 Å². The quantitative estimate of drug-likeness (QED) is 0.796. The summed E-state index contributed by atoms with van der Waals surface area (Å²) in [6.07, 6.45) is 0. The summed E-state index contributed by atoms with van der Waals surface area (Å²) in [4.78, 5) is 0. The molecule has 0 aliphatic heterocycles. The minimum atomic E-state index is 0.449. The molecule has 0 saturated carbocycles. The standard InChI is InChI=1S/C14H13Br2NO/c1-9-5-6-10(15)7-14(9)18-8-11-12(16)3-2-4-13(11)17/h2-7H,8,17H2,1H3. The van der Waals surface area contributed by atoms with Crippen LogP contribution in [0.4, 0.5) is 5.69 Å². The van der Waals surface area contributed by atoms with Gasteiger partial charge in [-0.1, -0.05) is 44.0 Å². The van der Waals surface area contributed by atoms with Crippen LogP contribution in [0.15, 0.2) is 45.3 Å². The molecule has 0 radical (unpaired) electrons. The van der Waals surface area contributed by atoms with Gasteiger partial charge in [0, 0.05) is 20.2 Å². The molecule has 0 heterocycles. The molecule has 0 unspecified atom stereocenters. The fourth-order valence-electron chi connectivity index (χ4n) is 1.61. The van der Waals surface area contributed by atoms with E-state index in [0.29, 0.717) is 6.61 Å². The molecule has 0 aliphatic carbocycles. The highest BCUT2D eigenvalue weighted by atomic mass is 79.9. The van der Waals surface area contributed by atoms with Gasteiger partial charge >= 0.3 is 0 Å². The molecule has 0 aromatic heterocycles. The number of ether oxygens (including phenoxy) is 1. The molecule has 0 fully saturated rings. The van der Waals surface area contributed by atoms with Gasteiger partial charge in [0.05, 0.1) is 0 Å². The number of halogens is 2. The number of hydrogen-bond acceptors (Lipinski definition) is 2. The second-order valence-corrected chi connectivity index (χ2v) is 5.78. The molecule has 94 valence electrons. The largest absolute Gasteiger partial charge is 0.488 e. The average Bonchev–Trinajstić information content (AvgIpc) is 2.33. The minimum absolute atomic E-state index is 0.449. The van der Waals surface area contributed by atoms with Crippen LogP contribution >= 0.6 is 31.9 Å². The van der Waals surface area contributed by atoms with E-state index in [9.17, 15) is 0 Å². The fourth-order valence-corrected chi connectivity index (χ4v) is 2.44. The highest BCUT2D eigenvalue weighted by molar-refractivity contribution is 9.10. The van der Waals surface area contributed by atoms with E-state index in [1.54, 1.807) is 0 Å². The van der Waals surface area contributed by atoms with Crippen molar-refractivity contribution in [1.82, 2.24) is 0 Å². The molecule has 2 nitrogen and oxygen atoms in total. The van der Waals surface area contributed by atoms with Crippen molar-refractivity contribution in [3.8, 4) is 5.75 Å². The maximum Gasteiger partial charge on any atom is 0.123 e. The monoisotopic (exact) mass is 369 g/mol. The van der Waals surface area contributed by atoms with Gasteiger partial charge < -0.3 is 10.5 Å². The Labute approximate surface area is 123 Å². The molecule has 4 heteroatoms. The maximum absolute atomic E-state index is 5.93. The first kappa shape index (κ1) is 13.4. The van der Waals surface area contributed by atoms with Gasteiger partial charge in [-0.3, -0.25) is 0 Å². The van der Waals surface area contributed by atoms with Gasteiger partial charge in [0.1, 0.15) is 12.4 Å². The third kappa shape index (κ3) is 3.06. The molecule has 0 amide bonds. The van der Waals surface area contributed by atoms with E-state index in [-0.39, 0.29) is 0 Å². The molecule has 0 aliphatic rings. The smallest absolute Gasteiger partial charge is 0.123 e. The molecule has 2 rings (SSSR count). The van der Waals surface area contributed by atoms with E-state index < -0.39 is 0 Å². The van der Waals surface area contributed by atoms with Crippen LogP contribution in [0, 0.1) is 6.92 Å². The Balaban J connectivity index is 2.19.